The maximum Gasteiger partial charge on any atom is 0.264 e. The lowest BCUT2D eigenvalue weighted by molar-refractivity contribution is -0.137. The molecular weight excluding hydrogens is 777 g/mol. The number of rotatable bonds is 7. The van der Waals surface area contributed by atoms with Gasteiger partial charge >= 0.3 is 0 Å². The minimum absolute atomic E-state index is 0.0423. The van der Waals surface area contributed by atoms with Crippen molar-refractivity contribution in [1.82, 2.24) is 34.3 Å². The van der Waals surface area contributed by atoms with E-state index in [1.54, 1.807) is 51.8 Å². The van der Waals surface area contributed by atoms with E-state index in [0.717, 1.165) is 48.4 Å². The molecule has 0 spiro atoms. The molecule has 1 unspecified atom stereocenters. The summed E-state index contributed by atoms with van der Waals surface area (Å²) in [6.07, 6.45) is 4.99. The minimum Gasteiger partial charge on any atom is -0.495 e. The topological polar surface area (TPSA) is 147 Å². The molecule has 10 rings (SSSR count). The van der Waals surface area contributed by atoms with Gasteiger partial charge in [-0.05, 0) is 66.8 Å². The van der Waals surface area contributed by atoms with Crippen molar-refractivity contribution in [1.29, 1.82) is 0 Å². The number of methoxy groups -OCH3 is 1. The number of nitrogens with one attached hydrogen (secondary N) is 1. The zero-order chi connectivity index (χ0) is 41.4. The lowest BCUT2D eigenvalue weighted by Crippen LogP contribution is -2.52. The Bertz CT molecular complexity index is 2600. The molecule has 0 aliphatic carbocycles. The average molecular weight is 820 g/mol. The van der Waals surface area contributed by atoms with Gasteiger partial charge in [-0.1, -0.05) is 0 Å². The fraction of sp³-hybridized carbons (Fsp3) is 0.395. The molecule has 5 aromatic rings. The van der Waals surface area contributed by atoms with Gasteiger partial charge in [0.15, 0.2) is 5.82 Å². The number of carbonyl (C=O) groups is 4. The molecule has 310 valence electrons. The van der Waals surface area contributed by atoms with Crippen LogP contribution in [0.15, 0.2) is 55.0 Å². The van der Waals surface area contributed by atoms with Crippen LogP contribution in [0.3, 0.4) is 0 Å². The molecule has 0 saturated carbocycles. The summed E-state index contributed by atoms with van der Waals surface area (Å²) in [6.45, 7) is 4.91. The molecule has 1 N–H and O–H groups in total. The van der Waals surface area contributed by atoms with Crippen LogP contribution in [0.25, 0.3) is 16.8 Å². The van der Waals surface area contributed by atoms with Gasteiger partial charge in [0, 0.05) is 92.0 Å². The molecular formula is C43H43F2N9O6. The van der Waals surface area contributed by atoms with Gasteiger partial charge in [0.05, 0.1) is 38.1 Å². The third kappa shape index (κ3) is 6.28. The van der Waals surface area contributed by atoms with Gasteiger partial charge in [-0.3, -0.25) is 29.2 Å². The van der Waals surface area contributed by atoms with Crippen LogP contribution in [0.4, 0.5) is 26.0 Å². The zero-order valence-electron chi connectivity index (χ0n) is 33.2. The number of carbonyl (C=O) groups excluding carboxylic acids is 4. The second-order valence-corrected chi connectivity index (χ2v) is 16.0. The summed E-state index contributed by atoms with van der Waals surface area (Å²) in [7, 11) is 1.50. The highest BCUT2D eigenvalue weighted by molar-refractivity contribution is 6.05. The summed E-state index contributed by atoms with van der Waals surface area (Å²) in [6, 6.07) is 10.1. The summed E-state index contributed by atoms with van der Waals surface area (Å²) >= 11 is 0. The standard InChI is InChI=1S/C43H43F2N9O6/c1-24(55)50-13-9-33-32(22-50)41(52-15-16-60-36-19-29(31(40(44)45)18-35(36)52)30-20-38-46-10-14-51(38)23-37(30)59-2)48-54(33)26-7-11-49(12-8-26)27-3-4-28-25(17-27)21-53(43(28)58)34-5-6-39(56)47-42(34)57/h3-4,10,14,17-20,23,26,34,40H,5-9,11-13,15-16,21-22H2,1-2H3,(H,47,56,57). The zero-order valence-corrected chi connectivity index (χ0v) is 33.2. The van der Waals surface area contributed by atoms with Crippen LogP contribution in [0.2, 0.25) is 0 Å². The maximum atomic E-state index is 15.1. The largest absolute Gasteiger partial charge is 0.495 e. The number of ether oxygens (including phenoxy) is 2. The van der Waals surface area contributed by atoms with E-state index in [9.17, 15) is 19.2 Å². The third-order valence-electron chi connectivity index (χ3n) is 12.7. The Morgan fingerprint density at radius 1 is 0.967 bits per heavy atom. The lowest BCUT2D eigenvalue weighted by Gasteiger charge is -2.35. The number of aromatic nitrogens is 4. The molecule has 2 saturated heterocycles. The molecule has 4 amide bonds. The van der Waals surface area contributed by atoms with Crippen molar-refractivity contribution in [2.75, 3.05) is 49.7 Å². The van der Waals surface area contributed by atoms with Gasteiger partial charge < -0.3 is 33.5 Å². The van der Waals surface area contributed by atoms with Crippen molar-refractivity contribution in [3.05, 3.63) is 82.9 Å². The fourth-order valence-corrected chi connectivity index (χ4v) is 9.57. The van der Waals surface area contributed by atoms with Crippen molar-refractivity contribution in [2.45, 2.75) is 70.6 Å². The number of fused-ring (bicyclic) bond motifs is 4. The molecule has 5 aliphatic heterocycles. The smallest absolute Gasteiger partial charge is 0.264 e. The summed E-state index contributed by atoms with van der Waals surface area (Å²) in [5, 5.41) is 7.63. The maximum absolute atomic E-state index is 15.1. The molecule has 0 bridgehead atoms. The van der Waals surface area contributed by atoms with Gasteiger partial charge in [0.25, 0.3) is 12.3 Å². The highest BCUT2D eigenvalue weighted by atomic mass is 19.3. The first-order chi connectivity index (χ1) is 29.1. The molecule has 5 aliphatic rings. The van der Waals surface area contributed by atoms with E-state index in [-0.39, 0.29) is 41.3 Å². The SMILES string of the molecule is COc1cn2ccnc2cc1-c1cc2c(cc1C(F)F)N(c1nn(C3CCN(c4ccc5c(c4)CN(C4CCC(=O)NC4=O)C5=O)CC3)c3c1CN(C(C)=O)CC3)CCO2. The number of amides is 4. The number of nitrogens with zero attached hydrogens (tertiary/aromatic N) is 8. The predicted molar refractivity (Wildman–Crippen MR) is 215 cm³/mol. The molecule has 1 atom stereocenters. The number of hydrogen-bond donors (Lipinski definition) is 1. The van der Waals surface area contributed by atoms with E-state index in [1.807, 2.05) is 23.1 Å². The molecule has 8 heterocycles. The Morgan fingerprint density at radius 3 is 2.57 bits per heavy atom. The van der Waals surface area contributed by atoms with Crippen molar-refractivity contribution in [2.24, 2.45) is 0 Å². The summed E-state index contributed by atoms with van der Waals surface area (Å²) in [5.74, 6) is 0.504. The Hall–Kier alpha value is -6.52. The molecule has 17 heteroatoms. The van der Waals surface area contributed by atoms with Crippen LogP contribution in [-0.2, 0) is 33.9 Å². The quantitative estimate of drug-likeness (QED) is 0.218. The van der Waals surface area contributed by atoms with Gasteiger partial charge in [0.1, 0.15) is 29.8 Å². The van der Waals surface area contributed by atoms with E-state index in [2.05, 4.69) is 19.9 Å². The second kappa shape index (κ2) is 14.6. The Labute approximate surface area is 343 Å². The van der Waals surface area contributed by atoms with Crippen molar-refractivity contribution in [3.8, 4) is 22.6 Å². The van der Waals surface area contributed by atoms with E-state index < -0.39 is 18.4 Å². The molecule has 2 fully saturated rings. The monoisotopic (exact) mass is 819 g/mol. The molecule has 2 aromatic carbocycles. The van der Waals surface area contributed by atoms with Gasteiger partial charge in [-0.2, -0.15) is 5.10 Å². The Morgan fingerprint density at radius 2 is 1.80 bits per heavy atom. The van der Waals surface area contributed by atoms with E-state index in [4.69, 9.17) is 14.6 Å². The van der Waals surface area contributed by atoms with Crippen LogP contribution < -0.4 is 24.6 Å². The van der Waals surface area contributed by atoms with Gasteiger partial charge in [0.2, 0.25) is 17.7 Å². The van der Waals surface area contributed by atoms with Crippen LogP contribution in [-0.4, -0.2) is 98.5 Å². The van der Waals surface area contributed by atoms with Gasteiger partial charge in [-0.15, -0.1) is 0 Å². The van der Waals surface area contributed by atoms with Crippen LogP contribution in [0.5, 0.6) is 11.5 Å². The third-order valence-corrected chi connectivity index (χ3v) is 12.7. The highest BCUT2D eigenvalue weighted by Crippen LogP contribution is 2.47. The van der Waals surface area contributed by atoms with Crippen molar-refractivity contribution < 1.29 is 37.4 Å². The normalized spacial score (nSPS) is 19.4. The predicted octanol–water partition coefficient (Wildman–Crippen LogP) is 5.18. The molecule has 60 heavy (non-hydrogen) atoms. The number of piperidine rings is 2. The minimum atomic E-state index is -2.81. The number of pyridine rings is 1. The molecule has 15 nitrogen and oxygen atoms in total. The first-order valence-corrected chi connectivity index (χ1v) is 20.3. The van der Waals surface area contributed by atoms with Crippen LogP contribution >= 0.6 is 0 Å². The Balaban J connectivity index is 0.938. The molecule has 0 radical (unpaired) electrons. The fourth-order valence-electron chi connectivity index (χ4n) is 9.57. The van der Waals surface area contributed by atoms with Crippen molar-refractivity contribution >= 4 is 46.5 Å². The summed E-state index contributed by atoms with van der Waals surface area (Å²) in [4.78, 5) is 62.3. The van der Waals surface area contributed by atoms with Crippen LogP contribution in [0, 0.1) is 0 Å². The van der Waals surface area contributed by atoms with Gasteiger partial charge in [-0.25, -0.2) is 13.8 Å². The first kappa shape index (κ1) is 37.7. The number of anilines is 3. The lowest BCUT2D eigenvalue weighted by atomic mass is 9.97. The second-order valence-electron chi connectivity index (χ2n) is 16.0. The molecule has 3 aromatic heterocycles. The van der Waals surface area contributed by atoms with E-state index in [1.165, 1.54) is 13.2 Å². The Kier molecular flexibility index (Phi) is 9.20. The number of alkyl halides is 2. The summed E-state index contributed by atoms with van der Waals surface area (Å²) < 4.78 is 45.9. The van der Waals surface area contributed by atoms with Crippen LogP contribution in [0.1, 0.15) is 77.8 Å². The van der Waals surface area contributed by atoms with E-state index in [0.29, 0.717) is 85.4 Å². The number of benzene rings is 2. The number of imidazole rings is 1. The highest BCUT2D eigenvalue weighted by Gasteiger charge is 2.40. The number of halogens is 2. The summed E-state index contributed by atoms with van der Waals surface area (Å²) in [5.41, 5.74) is 6.03. The first-order valence-electron chi connectivity index (χ1n) is 20.3. The number of imide groups is 1. The average Bonchev–Trinajstić information content (AvgIpc) is 3.97. The number of hydrogen-bond acceptors (Lipinski definition) is 10. The van der Waals surface area contributed by atoms with E-state index >= 15 is 8.78 Å². The van der Waals surface area contributed by atoms with Crippen molar-refractivity contribution in [3.63, 3.8) is 0 Å².